The molecule has 1 fully saturated rings. The Kier molecular flexibility index (Phi) is 4.00. The van der Waals surface area contributed by atoms with Gasteiger partial charge in [0.05, 0.1) is 19.6 Å². The average Bonchev–Trinajstić information content (AvgIpc) is 2.22. The molecule has 5 atom stereocenters. The van der Waals surface area contributed by atoms with E-state index in [1.165, 1.54) is 7.11 Å². The van der Waals surface area contributed by atoms with Gasteiger partial charge >= 0.3 is 5.97 Å². The summed E-state index contributed by atoms with van der Waals surface area (Å²) in [6.07, 6.45) is -7.61. The fraction of sp³-hybridized carbons (Fsp3) is 0.875. The molecule has 88 valence electrons. The third-order valence-corrected chi connectivity index (χ3v) is 2.28. The Morgan fingerprint density at radius 3 is 2.33 bits per heavy atom. The summed E-state index contributed by atoms with van der Waals surface area (Å²) in [5.74, 6) is -0.644. The van der Waals surface area contributed by atoms with Crippen LogP contribution in [0.1, 0.15) is 6.42 Å². The van der Waals surface area contributed by atoms with Crippen molar-refractivity contribution in [3.05, 3.63) is 0 Å². The maximum atomic E-state index is 10.9. The summed E-state index contributed by atoms with van der Waals surface area (Å²) >= 11 is 0. The molecule has 1 saturated heterocycles. The maximum Gasteiger partial charge on any atom is 0.308 e. The first kappa shape index (κ1) is 12.3. The van der Waals surface area contributed by atoms with E-state index >= 15 is 0 Å². The fourth-order valence-corrected chi connectivity index (χ4v) is 1.35. The maximum absolute atomic E-state index is 10.9. The molecular formula is C8H14O7. The molecule has 1 rings (SSSR count). The van der Waals surface area contributed by atoms with Gasteiger partial charge in [-0.3, -0.25) is 4.79 Å². The Bertz CT molecular complexity index is 231. The summed E-state index contributed by atoms with van der Waals surface area (Å²) in [5, 5.41) is 36.9. The van der Waals surface area contributed by atoms with Crippen molar-refractivity contribution >= 4 is 5.97 Å². The van der Waals surface area contributed by atoms with Crippen molar-refractivity contribution in [1.82, 2.24) is 0 Å². The molecule has 0 aromatic rings. The first-order valence-electron chi connectivity index (χ1n) is 4.42. The Balaban J connectivity index is 2.62. The van der Waals surface area contributed by atoms with Crippen molar-refractivity contribution in [2.75, 3.05) is 7.11 Å². The van der Waals surface area contributed by atoms with E-state index in [9.17, 15) is 15.0 Å². The minimum Gasteiger partial charge on any atom is -0.469 e. The van der Waals surface area contributed by atoms with Gasteiger partial charge in [-0.1, -0.05) is 0 Å². The largest absolute Gasteiger partial charge is 0.469 e. The van der Waals surface area contributed by atoms with Gasteiger partial charge in [0.25, 0.3) is 0 Å². The van der Waals surface area contributed by atoms with Gasteiger partial charge in [0.2, 0.25) is 0 Å². The van der Waals surface area contributed by atoms with E-state index in [0.717, 1.165) is 0 Å². The number of carbonyl (C=O) groups is 1. The molecule has 1 aliphatic rings. The van der Waals surface area contributed by atoms with Crippen molar-refractivity contribution in [3.63, 3.8) is 0 Å². The van der Waals surface area contributed by atoms with E-state index in [1.54, 1.807) is 0 Å². The molecule has 4 N–H and O–H groups in total. The molecule has 0 aromatic carbocycles. The number of carbonyl (C=O) groups excluding carboxylic acids is 1. The van der Waals surface area contributed by atoms with E-state index in [1.807, 2.05) is 0 Å². The monoisotopic (exact) mass is 222 g/mol. The quantitative estimate of drug-likeness (QED) is 0.377. The van der Waals surface area contributed by atoms with Crippen molar-refractivity contribution < 1.29 is 34.7 Å². The molecule has 15 heavy (non-hydrogen) atoms. The highest BCUT2D eigenvalue weighted by Gasteiger charge is 2.43. The molecule has 0 saturated carbocycles. The number of ether oxygens (including phenoxy) is 2. The molecule has 0 amide bonds. The molecule has 0 spiro atoms. The van der Waals surface area contributed by atoms with Crippen LogP contribution < -0.4 is 0 Å². The second-order valence-corrected chi connectivity index (χ2v) is 3.32. The number of hydrogen-bond acceptors (Lipinski definition) is 7. The van der Waals surface area contributed by atoms with Gasteiger partial charge in [-0.15, -0.1) is 0 Å². The normalized spacial score (nSPS) is 41.3. The van der Waals surface area contributed by atoms with Gasteiger partial charge in [-0.25, -0.2) is 0 Å². The molecule has 0 unspecified atom stereocenters. The average molecular weight is 222 g/mol. The third kappa shape index (κ3) is 2.64. The molecule has 0 aliphatic carbocycles. The van der Waals surface area contributed by atoms with Gasteiger partial charge in [-0.05, 0) is 0 Å². The summed E-state index contributed by atoms with van der Waals surface area (Å²) in [6, 6.07) is 0. The molecule has 1 heterocycles. The van der Waals surface area contributed by atoms with E-state index < -0.39 is 36.7 Å². The number of methoxy groups -OCH3 is 1. The Morgan fingerprint density at radius 2 is 1.80 bits per heavy atom. The van der Waals surface area contributed by atoms with Crippen LogP contribution in [-0.4, -0.2) is 64.2 Å². The summed E-state index contributed by atoms with van der Waals surface area (Å²) < 4.78 is 9.09. The van der Waals surface area contributed by atoms with Crippen LogP contribution in [0.3, 0.4) is 0 Å². The highest BCUT2D eigenvalue weighted by Crippen LogP contribution is 2.22. The van der Waals surface area contributed by atoms with Gasteiger partial charge < -0.3 is 29.9 Å². The second-order valence-electron chi connectivity index (χ2n) is 3.32. The van der Waals surface area contributed by atoms with Crippen LogP contribution >= 0.6 is 0 Å². The smallest absolute Gasteiger partial charge is 0.308 e. The second kappa shape index (κ2) is 4.86. The first-order chi connectivity index (χ1) is 6.97. The number of rotatable bonds is 2. The predicted molar refractivity (Wildman–Crippen MR) is 45.5 cm³/mol. The Morgan fingerprint density at radius 1 is 1.20 bits per heavy atom. The van der Waals surface area contributed by atoms with Crippen LogP contribution in [-0.2, 0) is 14.3 Å². The standard InChI is InChI=1S/C8H14O7/c1-14-4(9)2-3-5(10)6(11)7(12)8(13)15-3/h3,5-8,10-13H,2H2,1H3/t3-,5+,6+,7+,8+/m1/s1. The van der Waals surface area contributed by atoms with Crippen LogP contribution in [0.25, 0.3) is 0 Å². The minimum absolute atomic E-state index is 0.307. The van der Waals surface area contributed by atoms with Gasteiger partial charge in [0, 0.05) is 0 Å². The highest BCUT2D eigenvalue weighted by molar-refractivity contribution is 5.69. The summed E-state index contributed by atoms with van der Waals surface area (Å²) in [5.41, 5.74) is 0. The van der Waals surface area contributed by atoms with Crippen molar-refractivity contribution in [2.24, 2.45) is 0 Å². The molecule has 0 radical (unpaired) electrons. The zero-order valence-corrected chi connectivity index (χ0v) is 8.11. The van der Waals surface area contributed by atoms with Gasteiger partial charge in [-0.2, -0.15) is 0 Å². The van der Waals surface area contributed by atoms with Crippen LogP contribution in [0.5, 0.6) is 0 Å². The molecule has 0 aromatic heterocycles. The predicted octanol–water partition coefficient (Wildman–Crippen LogP) is -2.65. The summed E-state index contributed by atoms with van der Waals surface area (Å²) in [7, 11) is 1.17. The number of hydrogen-bond donors (Lipinski definition) is 4. The van der Waals surface area contributed by atoms with Crippen LogP contribution in [0.4, 0.5) is 0 Å². The van der Waals surface area contributed by atoms with Crippen LogP contribution in [0, 0.1) is 0 Å². The van der Waals surface area contributed by atoms with Crippen molar-refractivity contribution in [2.45, 2.75) is 37.1 Å². The van der Waals surface area contributed by atoms with Crippen molar-refractivity contribution in [1.29, 1.82) is 0 Å². The molecule has 0 bridgehead atoms. The zero-order valence-electron chi connectivity index (χ0n) is 8.11. The van der Waals surface area contributed by atoms with E-state index in [4.69, 9.17) is 14.9 Å². The minimum atomic E-state index is -1.63. The van der Waals surface area contributed by atoms with Crippen LogP contribution in [0.2, 0.25) is 0 Å². The third-order valence-electron chi connectivity index (χ3n) is 2.28. The molecular weight excluding hydrogens is 208 g/mol. The lowest BCUT2D eigenvalue weighted by molar-refractivity contribution is -0.282. The van der Waals surface area contributed by atoms with E-state index in [2.05, 4.69) is 4.74 Å². The Labute approximate surface area is 85.9 Å². The summed E-state index contributed by atoms with van der Waals surface area (Å²) in [6.45, 7) is 0. The topological polar surface area (TPSA) is 116 Å². The number of esters is 1. The lowest BCUT2D eigenvalue weighted by Crippen LogP contribution is -2.57. The SMILES string of the molecule is COC(=O)C[C@H]1O[C@H](O)[C@@H](O)[C@@H](O)[C@H]1O. The molecule has 7 heteroatoms. The van der Waals surface area contributed by atoms with E-state index in [0.29, 0.717) is 0 Å². The highest BCUT2D eigenvalue weighted by atomic mass is 16.6. The van der Waals surface area contributed by atoms with E-state index in [-0.39, 0.29) is 6.42 Å². The number of aliphatic hydroxyl groups is 4. The van der Waals surface area contributed by atoms with Crippen LogP contribution in [0.15, 0.2) is 0 Å². The zero-order chi connectivity index (χ0) is 11.6. The Hall–Kier alpha value is -0.730. The molecule has 1 aliphatic heterocycles. The first-order valence-corrected chi connectivity index (χ1v) is 4.42. The van der Waals surface area contributed by atoms with Gasteiger partial charge in [0.15, 0.2) is 6.29 Å². The van der Waals surface area contributed by atoms with Gasteiger partial charge in [0.1, 0.15) is 18.3 Å². The lowest BCUT2D eigenvalue weighted by Gasteiger charge is -2.37. The number of aliphatic hydroxyl groups excluding tert-OH is 4. The fourth-order valence-electron chi connectivity index (χ4n) is 1.35. The van der Waals surface area contributed by atoms with Crippen molar-refractivity contribution in [3.8, 4) is 0 Å². The lowest BCUT2D eigenvalue weighted by atomic mass is 9.97. The summed E-state index contributed by atoms with van der Waals surface area (Å²) in [4.78, 5) is 10.9. The molecule has 7 nitrogen and oxygen atoms in total.